The molecule has 106 valence electrons. The van der Waals surface area contributed by atoms with Crippen LogP contribution < -0.4 is 10.6 Å². The standard InChI is InChI=1S/C13H20N2O3S/c1-9(16)15-11-4-5-19-12(11)7-14-6-10-8-17-13(2,3)18-10/h4-5,10,14H,6-8H2,1-3H3,(H,15,16). The van der Waals surface area contributed by atoms with Crippen molar-refractivity contribution >= 4 is 22.9 Å². The maximum absolute atomic E-state index is 11.1. The molecule has 1 atom stereocenters. The van der Waals surface area contributed by atoms with Crippen LogP contribution in [0.25, 0.3) is 0 Å². The van der Waals surface area contributed by atoms with E-state index in [2.05, 4.69) is 10.6 Å². The molecule has 2 rings (SSSR count). The van der Waals surface area contributed by atoms with Crippen LogP contribution in [0.3, 0.4) is 0 Å². The van der Waals surface area contributed by atoms with Crippen molar-refractivity contribution in [2.75, 3.05) is 18.5 Å². The summed E-state index contributed by atoms with van der Waals surface area (Å²) in [6.07, 6.45) is 0.0826. The third-order valence-corrected chi connectivity index (χ3v) is 3.70. The SMILES string of the molecule is CC(=O)Nc1ccsc1CNCC1COC(C)(C)O1. The lowest BCUT2D eigenvalue weighted by atomic mass is 10.3. The van der Waals surface area contributed by atoms with Crippen LogP contribution in [0, 0.1) is 0 Å². The van der Waals surface area contributed by atoms with E-state index in [1.165, 1.54) is 6.92 Å². The minimum absolute atomic E-state index is 0.0473. The van der Waals surface area contributed by atoms with Gasteiger partial charge in [0.2, 0.25) is 5.91 Å². The Morgan fingerprint density at radius 2 is 2.37 bits per heavy atom. The van der Waals surface area contributed by atoms with Gasteiger partial charge in [-0.05, 0) is 25.3 Å². The van der Waals surface area contributed by atoms with E-state index in [4.69, 9.17) is 9.47 Å². The van der Waals surface area contributed by atoms with Gasteiger partial charge in [-0.15, -0.1) is 11.3 Å². The molecule has 1 amide bonds. The quantitative estimate of drug-likeness (QED) is 0.867. The highest BCUT2D eigenvalue weighted by molar-refractivity contribution is 7.10. The molecular weight excluding hydrogens is 264 g/mol. The highest BCUT2D eigenvalue weighted by Crippen LogP contribution is 2.23. The van der Waals surface area contributed by atoms with E-state index in [-0.39, 0.29) is 12.0 Å². The molecule has 2 N–H and O–H groups in total. The molecular formula is C13H20N2O3S. The van der Waals surface area contributed by atoms with Crippen LogP contribution in [0.2, 0.25) is 0 Å². The lowest BCUT2D eigenvalue weighted by Gasteiger charge is -2.17. The van der Waals surface area contributed by atoms with Gasteiger partial charge < -0.3 is 20.1 Å². The molecule has 1 aliphatic rings. The Bertz CT molecular complexity index is 445. The predicted molar refractivity (Wildman–Crippen MR) is 75.2 cm³/mol. The first-order chi connectivity index (χ1) is 8.96. The summed E-state index contributed by atoms with van der Waals surface area (Å²) in [5.41, 5.74) is 0.883. The molecule has 0 bridgehead atoms. The van der Waals surface area contributed by atoms with Crippen LogP contribution >= 0.6 is 11.3 Å². The van der Waals surface area contributed by atoms with E-state index in [0.29, 0.717) is 13.2 Å². The van der Waals surface area contributed by atoms with Gasteiger partial charge in [0.15, 0.2) is 5.79 Å². The molecule has 0 spiro atoms. The van der Waals surface area contributed by atoms with Gasteiger partial charge in [-0.1, -0.05) is 0 Å². The number of anilines is 1. The fraction of sp³-hybridized carbons (Fsp3) is 0.615. The van der Waals surface area contributed by atoms with E-state index >= 15 is 0 Å². The molecule has 0 aliphatic carbocycles. The summed E-state index contributed by atoms with van der Waals surface area (Å²) in [4.78, 5) is 12.2. The average Bonchev–Trinajstić information content (AvgIpc) is 2.86. The molecule has 0 saturated carbocycles. The summed E-state index contributed by atoms with van der Waals surface area (Å²) in [7, 11) is 0. The second-order valence-electron chi connectivity index (χ2n) is 5.02. The van der Waals surface area contributed by atoms with Gasteiger partial charge >= 0.3 is 0 Å². The van der Waals surface area contributed by atoms with Gasteiger partial charge in [-0.3, -0.25) is 4.79 Å². The third-order valence-electron chi connectivity index (χ3n) is 2.78. The topological polar surface area (TPSA) is 59.6 Å². The van der Waals surface area contributed by atoms with Crippen molar-refractivity contribution < 1.29 is 14.3 Å². The molecule has 1 aliphatic heterocycles. The maximum atomic E-state index is 11.1. The van der Waals surface area contributed by atoms with E-state index in [1.54, 1.807) is 11.3 Å². The van der Waals surface area contributed by atoms with Crippen molar-refractivity contribution in [3.05, 3.63) is 16.3 Å². The number of ether oxygens (including phenoxy) is 2. The largest absolute Gasteiger partial charge is 0.348 e. The Morgan fingerprint density at radius 3 is 3.00 bits per heavy atom. The molecule has 5 nitrogen and oxygen atoms in total. The van der Waals surface area contributed by atoms with Gasteiger partial charge in [0.1, 0.15) is 0 Å². The van der Waals surface area contributed by atoms with Gasteiger partial charge in [-0.25, -0.2) is 0 Å². The van der Waals surface area contributed by atoms with Crippen molar-refractivity contribution in [1.29, 1.82) is 0 Å². The van der Waals surface area contributed by atoms with Crippen molar-refractivity contribution in [3.8, 4) is 0 Å². The first kappa shape index (κ1) is 14.5. The number of hydrogen-bond acceptors (Lipinski definition) is 5. The molecule has 1 fully saturated rings. The highest BCUT2D eigenvalue weighted by atomic mass is 32.1. The van der Waals surface area contributed by atoms with Crippen molar-refractivity contribution in [2.24, 2.45) is 0 Å². The van der Waals surface area contributed by atoms with E-state index in [1.807, 2.05) is 25.3 Å². The van der Waals surface area contributed by atoms with Crippen molar-refractivity contribution in [1.82, 2.24) is 5.32 Å². The molecule has 19 heavy (non-hydrogen) atoms. The lowest BCUT2D eigenvalue weighted by molar-refractivity contribution is -0.137. The highest BCUT2D eigenvalue weighted by Gasteiger charge is 2.32. The Kier molecular flexibility index (Phi) is 4.57. The summed E-state index contributed by atoms with van der Waals surface area (Å²) < 4.78 is 11.2. The molecule has 2 heterocycles. The molecule has 6 heteroatoms. The van der Waals surface area contributed by atoms with Crippen LogP contribution in [0.5, 0.6) is 0 Å². The van der Waals surface area contributed by atoms with Gasteiger partial charge in [0, 0.05) is 24.9 Å². The van der Waals surface area contributed by atoms with Gasteiger partial charge in [0.25, 0.3) is 0 Å². The van der Waals surface area contributed by atoms with Crippen LogP contribution in [0.1, 0.15) is 25.6 Å². The number of rotatable bonds is 5. The fourth-order valence-corrected chi connectivity index (χ4v) is 2.79. The summed E-state index contributed by atoms with van der Waals surface area (Å²) >= 11 is 1.62. The fourth-order valence-electron chi connectivity index (χ4n) is 1.99. The first-order valence-electron chi connectivity index (χ1n) is 6.33. The van der Waals surface area contributed by atoms with E-state index < -0.39 is 5.79 Å². The molecule has 1 aromatic rings. The van der Waals surface area contributed by atoms with Crippen molar-refractivity contribution in [2.45, 2.75) is 39.2 Å². The Labute approximate surface area is 117 Å². The average molecular weight is 284 g/mol. The Balaban J connectivity index is 1.77. The first-order valence-corrected chi connectivity index (χ1v) is 7.21. The zero-order valence-corrected chi connectivity index (χ0v) is 12.3. The molecule has 1 unspecified atom stereocenters. The third kappa shape index (κ3) is 4.28. The second-order valence-corrected chi connectivity index (χ2v) is 6.02. The molecule has 0 aromatic carbocycles. The monoisotopic (exact) mass is 284 g/mol. The number of nitrogens with one attached hydrogen (secondary N) is 2. The Morgan fingerprint density at radius 1 is 1.58 bits per heavy atom. The maximum Gasteiger partial charge on any atom is 0.221 e. The lowest BCUT2D eigenvalue weighted by Crippen LogP contribution is -2.30. The van der Waals surface area contributed by atoms with Gasteiger partial charge in [0.05, 0.1) is 18.4 Å². The zero-order valence-electron chi connectivity index (χ0n) is 11.5. The van der Waals surface area contributed by atoms with Crippen LogP contribution in [0.15, 0.2) is 11.4 Å². The number of carbonyl (C=O) groups excluding carboxylic acids is 1. The van der Waals surface area contributed by atoms with Crippen LogP contribution in [0.4, 0.5) is 5.69 Å². The summed E-state index contributed by atoms with van der Waals surface area (Å²) in [5.74, 6) is -0.523. The zero-order chi connectivity index (χ0) is 13.9. The Hall–Kier alpha value is -0.950. The predicted octanol–water partition coefficient (Wildman–Crippen LogP) is 1.95. The van der Waals surface area contributed by atoms with E-state index in [0.717, 1.165) is 17.1 Å². The summed E-state index contributed by atoms with van der Waals surface area (Å²) in [6.45, 7) is 7.42. The van der Waals surface area contributed by atoms with Crippen LogP contribution in [-0.2, 0) is 20.8 Å². The van der Waals surface area contributed by atoms with E-state index in [9.17, 15) is 4.79 Å². The molecule has 0 radical (unpaired) electrons. The second kappa shape index (κ2) is 6.00. The number of hydrogen-bond donors (Lipinski definition) is 2. The number of carbonyl (C=O) groups is 1. The summed E-state index contributed by atoms with van der Waals surface area (Å²) in [5, 5.41) is 8.13. The minimum Gasteiger partial charge on any atom is -0.348 e. The minimum atomic E-state index is -0.476. The van der Waals surface area contributed by atoms with Crippen molar-refractivity contribution in [3.63, 3.8) is 0 Å². The molecule has 1 aromatic heterocycles. The van der Waals surface area contributed by atoms with Gasteiger partial charge in [-0.2, -0.15) is 0 Å². The molecule has 1 saturated heterocycles. The number of amides is 1. The normalized spacial score (nSPS) is 21.5. The number of thiophene rings is 1. The van der Waals surface area contributed by atoms with Crippen LogP contribution in [-0.4, -0.2) is 30.9 Å². The smallest absolute Gasteiger partial charge is 0.221 e. The summed E-state index contributed by atoms with van der Waals surface area (Å²) in [6, 6.07) is 1.92.